The molecule has 4 nitrogen and oxygen atoms in total. The molecule has 0 amide bonds. The van der Waals surface area contributed by atoms with E-state index in [2.05, 4.69) is 156 Å². The van der Waals surface area contributed by atoms with Gasteiger partial charge < -0.3 is 0 Å². The van der Waals surface area contributed by atoms with Gasteiger partial charge in [0.1, 0.15) is 0 Å². The maximum absolute atomic E-state index is 5.36. The zero-order chi connectivity index (χ0) is 32.7. The summed E-state index contributed by atoms with van der Waals surface area (Å²) in [6, 6.07) is 41.5. The van der Waals surface area contributed by atoms with Crippen LogP contribution in [0.3, 0.4) is 0 Å². The fourth-order valence-corrected chi connectivity index (χ4v) is 7.23. The van der Waals surface area contributed by atoms with Crippen molar-refractivity contribution in [1.82, 2.24) is 0 Å². The Balaban J connectivity index is 1.39. The first kappa shape index (κ1) is 29.1. The molecule has 5 heteroatoms. The molecule has 4 aromatic carbocycles. The monoisotopic (exact) mass is 690 g/mol. The molecule has 0 aliphatic carbocycles. The molecule has 0 saturated carbocycles. The third-order valence-corrected chi connectivity index (χ3v) is 9.53. The van der Waals surface area contributed by atoms with Gasteiger partial charge in [-0.15, -0.1) is 0 Å². The van der Waals surface area contributed by atoms with Crippen LogP contribution >= 0.6 is 15.9 Å². The number of hydrogen-bond acceptors (Lipinski definition) is 4. The van der Waals surface area contributed by atoms with Crippen LogP contribution in [0, 0.1) is 0 Å². The van der Waals surface area contributed by atoms with Crippen molar-refractivity contribution >= 4 is 61.1 Å². The second-order valence-electron chi connectivity index (χ2n) is 11.9. The number of halogens is 1. The summed E-state index contributed by atoms with van der Waals surface area (Å²) in [5.74, 6) is 0. The van der Waals surface area contributed by atoms with Gasteiger partial charge in [0.15, 0.2) is 0 Å². The number of allylic oxidation sites excluding steroid dienone is 12. The lowest BCUT2D eigenvalue weighted by atomic mass is 9.98. The van der Waals surface area contributed by atoms with Gasteiger partial charge in [-0.3, -0.25) is 0 Å². The van der Waals surface area contributed by atoms with Gasteiger partial charge in [-0.25, -0.2) is 20.0 Å². The molecule has 5 aliphatic rings. The molecule has 0 saturated heterocycles. The molecule has 0 radical (unpaired) electrons. The van der Waals surface area contributed by atoms with Crippen molar-refractivity contribution < 1.29 is 0 Å². The Morgan fingerprint density at radius 1 is 0.327 bits per heavy atom. The van der Waals surface area contributed by atoms with Gasteiger partial charge in [0.2, 0.25) is 0 Å². The predicted octanol–water partition coefficient (Wildman–Crippen LogP) is 10.4. The van der Waals surface area contributed by atoms with Gasteiger partial charge in [-0.2, -0.15) is 0 Å². The molecule has 0 aromatic heterocycles. The Labute approximate surface area is 293 Å². The van der Waals surface area contributed by atoms with E-state index in [1.807, 2.05) is 24.3 Å². The number of rotatable bonds is 4. The Morgan fingerprint density at radius 3 is 1.04 bits per heavy atom. The molecule has 4 aromatic rings. The summed E-state index contributed by atoms with van der Waals surface area (Å²) in [6.07, 6.45) is 14.7. The van der Waals surface area contributed by atoms with Gasteiger partial charge in [0.25, 0.3) is 0 Å². The minimum absolute atomic E-state index is 0.824. The summed E-state index contributed by atoms with van der Waals surface area (Å²) in [7, 11) is 0. The maximum atomic E-state index is 5.36. The Hall–Kier alpha value is -6.04. The average Bonchev–Trinajstić information content (AvgIpc) is 3.98. The SMILES string of the molecule is BrC1=CC2=C(c3ccccc3)C3=NC(=C(c4ccccc4)C4=NC(=C(c5ccccc5)C5=NC(=C(c6ccccc6)C1=N2)C=C5)C=C4)C=C3. The molecular weight excluding hydrogens is 664 g/mol. The third kappa shape index (κ3) is 5.25. The van der Waals surface area contributed by atoms with Crippen LogP contribution in [-0.2, 0) is 0 Å². The molecular formula is C44H27BrN4. The molecule has 230 valence electrons. The van der Waals surface area contributed by atoms with Crippen LogP contribution in [0.25, 0.3) is 22.3 Å². The van der Waals surface area contributed by atoms with Gasteiger partial charge in [-0.1, -0.05) is 121 Å². The summed E-state index contributed by atoms with van der Waals surface area (Å²) in [5, 5.41) is 0. The Bertz CT molecular complexity index is 2350. The van der Waals surface area contributed by atoms with Crippen LogP contribution in [0.15, 0.2) is 211 Å². The summed E-state index contributed by atoms with van der Waals surface area (Å²) in [6.45, 7) is 0. The van der Waals surface area contributed by atoms with E-state index in [4.69, 9.17) is 20.0 Å². The maximum Gasteiger partial charge on any atom is 0.0880 e. The van der Waals surface area contributed by atoms with Gasteiger partial charge >= 0.3 is 0 Å². The quantitative estimate of drug-likeness (QED) is 0.205. The first-order chi connectivity index (χ1) is 24.2. The molecule has 5 heterocycles. The molecule has 0 unspecified atom stereocenters. The molecule has 5 aliphatic heterocycles. The van der Waals surface area contributed by atoms with Crippen molar-refractivity contribution in [1.29, 1.82) is 0 Å². The molecule has 8 bridgehead atoms. The Morgan fingerprint density at radius 2 is 0.653 bits per heavy atom. The van der Waals surface area contributed by atoms with E-state index < -0.39 is 0 Å². The van der Waals surface area contributed by atoms with E-state index in [9.17, 15) is 0 Å². The molecule has 9 rings (SSSR count). The minimum atomic E-state index is 0.824. The summed E-state index contributed by atoms with van der Waals surface area (Å²) in [5.41, 5.74) is 14.8. The molecule has 0 N–H and O–H groups in total. The van der Waals surface area contributed by atoms with Crippen molar-refractivity contribution in [3.63, 3.8) is 0 Å². The first-order valence-corrected chi connectivity index (χ1v) is 17.0. The standard InChI is InChI=1S/C44H27BrN4/c45-32-27-39-42(30-17-9-3-10-18-30)37-24-23-35(47-37)40(28-13-5-1-6-14-28)33-21-22-34(46-33)41(29-15-7-2-8-16-29)36-25-26-38(48-36)43(44(32)49-39)31-19-11-4-12-20-31/h1-27H. The van der Waals surface area contributed by atoms with E-state index in [0.29, 0.717) is 0 Å². The highest BCUT2D eigenvalue weighted by Gasteiger charge is 2.29. The summed E-state index contributed by atoms with van der Waals surface area (Å²) in [4.78, 5) is 21.3. The van der Waals surface area contributed by atoms with Crippen molar-refractivity contribution in [3.05, 3.63) is 213 Å². The second kappa shape index (κ2) is 12.2. The van der Waals surface area contributed by atoms with E-state index in [1.165, 1.54) is 0 Å². The summed E-state index contributed by atoms with van der Waals surface area (Å²) < 4.78 is 0.890. The third-order valence-electron chi connectivity index (χ3n) is 8.92. The van der Waals surface area contributed by atoms with Crippen LogP contribution in [0.1, 0.15) is 22.3 Å². The fourth-order valence-electron chi connectivity index (χ4n) is 6.73. The predicted molar refractivity (Wildman–Crippen MR) is 208 cm³/mol. The highest BCUT2D eigenvalue weighted by Crippen LogP contribution is 2.40. The molecule has 0 atom stereocenters. The van der Waals surface area contributed by atoms with Crippen LogP contribution < -0.4 is 0 Å². The Kier molecular flexibility index (Phi) is 7.25. The van der Waals surface area contributed by atoms with E-state index in [1.54, 1.807) is 0 Å². The van der Waals surface area contributed by atoms with Crippen LogP contribution in [0.4, 0.5) is 0 Å². The number of nitrogens with zero attached hydrogens (tertiary/aromatic N) is 4. The zero-order valence-electron chi connectivity index (χ0n) is 26.3. The van der Waals surface area contributed by atoms with Gasteiger partial charge in [-0.05, 0) is 80.7 Å². The number of benzene rings is 4. The van der Waals surface area contributed by atoms with Crippen molar-refractivity contribution in [2.24, 2.45) is 20.0 Å². The first-order valence-electron chi connectivity index (χ1n) is 16.2. The van der Waals surface area contributed by atoms with Crippen LogP contribution in [0.2, 0.25) is 0 Å². The fraction of sp³-hybridized carbons (Fsp3) is 0. The largest absolute Gasteiger partial charge is 0.248 e. The number of hydrogen-bond donors (Lipinski definition) is 0. The summed E-state index contributed by atoms with van der Waals surface area (Å²) >= 11 is 3.92. The topological polar surface area (TPSA) is 49.4 Å². The number of fused-ring (bicyclic) bond motifs is 4. The van der Waals surface area contributed by atoms with Gasteiger partial charge in [0.05, 0.1) is 45.6 Å². The number of aliphatic imine (C=N–C) groups is 4. The van der Waals surface area contributed by atoms with Crippen molar-refractivity contribution in [2.45, 2.75) is 0 Å². The van der Waals surface area contributed by atoms with Crippen LogP contribution in [0.5, 0.6) is 0 Å². The smallest absolute Gasteiger partial charge is 0.0880 e. The van der Waals surface area contributed by atoms with Crippen molar-refractivity contribution in [2.75, 3.05) is 0 Å². The normalized spacial score (nSPS) is 17.9. The van der Waals surface area contributed by atoms with E-state index in [-0.39, 0.29) is 0 Å². The lowest BCUT2D eigenvalue weighted by Gasteiger charge is -2.13. The highest BCUT2D eigenvalue weighted by atomic mass is 79.9. The lowest BCUT2D eigenvalue weighted by molar-refractivity contribution is 1.41. The van der Waals surface area contributed by atoms with Gasteiger partial charge in [0, 0.05) is 26.8 Å². The minimum Gasteiger partial charge on any atom is -0.248 e. The highest BCUT2D eigenvalue weighted by molar-refractivity contribution is 9.12. The average molecular weight is 692 g/mol. The molecule has 0 spiro atoms. The zero-order valence-corrected chi connectivity index (χ0v) is 27.8. The lowest BCUT2D eigenvalue weighted by Crippen LogP contribution is -2.04. The van der Waals surface area contributed by atoms with Crippen molar-refractivity contribution in [3.8, 4) is 0 Å². The van der Waals surface area contributed by atoms with E-state index >= 15 is 0 Å². The van der Waals surface area contributed by atoms with E-state index in [0.717, 1.165) is 94.7 Å². The molecule has 0 fully saturated rings. The van der Waals surface area contributed by atoms with Crippen LogP contribution in [-0.4, -0.2) is 22.8 Å². The molecule has 49 heavy (non-hydrogen) atoms. The second-order valence-corrected chi connectivity index (χ2v) is 12.8.